The largest absolute Gasteiger partial charge is 0.218 e. The smallest absolute Gasteiger partial charge is 0.148 e. The summed E-state index contributed by atoms with van der Waals surface area (Å²) in [6.45, 7) is 4.00. The molecule has 0 aliphatic heterocycles. The van der Waals surface area contributed by atoms with Gasteiger partial charge in [-0.3, -0.25) is 0 Å². The molecule has 0 atom stereocenters. The van der Waals surface area contributed by atoms with Gasteiger partial charge >= 0.3 is 0 Å². The minimum atomic E-state index is 0.825. The molecule has 0 unspecified atom stereocenters. The molecule has 0 bridgehead atoms. The molecule has 1 aromatic heterocycles. The van der Waals surface area contributed by atoms with Crippen molar-refractivity contribution in [1.82, 2.24) is 14.8 Å². The number of para-hydroxylation sites is 1. The normalized spacial score (nSPS) is 10.4. The lowest BCUT2D eigenvalue weighted by Gasteiger charge is -2.02. The van der Waals surface area contributed by atoms with Crippen LogP contribution in [-0.4, -0.2) is 14.8 Å². The van der Waals surface area contributed by atoms with Crippen LogP contribution in [0.2, 0.25) is 0 Å². The number of aromatic nitrogens is 3. The van der Waals surface area contributed by atoms with E-state index in [9.17, 15) is 0 Å². The van der Waals surface area contributed by atoms with E-state index in [1.54, 1.807) is 0 Å². The van der Waals surface area contributed by atoms with Gasteiger partial charge in [-0.25, -0.2) is 9.67 Å². The van der Waals surface area contributed by atoms with Crippen LogP contribution in [0.15, 0.2) is 30.3 Å². The highest BCUT2D eigenvalue weighted by Crippen LogP contribution is 2.09. The number of nitrogens with zero attached hydrogens (tertiary/aromatic N) is 3. The van der Waals surface area contributed by atoms with E-state index in [0.717, 1.165) is 23.8 Å². The average molecular weight is 187 g/mol. The zero-order chi connectivity index (χ0) is 9.97. The van der Waals surface area contributed by atoms with Crippen molar-refractivity contribution in [2.24, 2.45) is 0 Å². The van der Waals surface area contributed by atoms with Gasteiger partial charge in [0.05, 0.1) is 5.69 Å². The lowest BCUT2D eigenvalue weighted by atomic mass is 10.3. The Hall–Kier alpha value is -1.64. The van der Waals surface area contributed by atoms with Crippen LogP contribution in [0.1, 0.15) is 18.6 Å². The third-order valence-corrected chi connectivity index (χ3v) is 2.10. The second kappa shape index (κ2) is 3.62. The van der Waals surface area contributed by atoms with Crippen molar-refractivity contribution in [3.05, 3.63) is 42.0 Å². The maximum absolute atomic E-state index is 4.36. The first-order valence-electron chi connectivity index (χ1n) is 4.79. The fourth-order valence-corrected chi connectivity index (χ4v) is 1.46. The molecule has 0 spiro atoms. The van der Waals surface area contributed by atoms with Gasteiger partial charge in [0.25, 0.3) is 0 Å². The monoisotopic (exact) mass is 187 g/mol. The van der Waals surface area contributed by atoms with Crippen molar-refractivity contribution in [1.29, 1.82) is 0 Å². The van der Waals surface area contributed by atoms with E-state index in [4.69, 9.17) is 0 Å². The Balaban J connectivity index is 2.51. The zero-order valence-electron chi connectivity index (χ0n) is 8.44. The van der Waals surface area contributed by atoms with Crippen molar-refractivity contribution in [3.63, 3.8) is 0 Å². The predicted octanol–water partition coefficient (Wildman–Crippen LogP) is 2.14. The molecule has 0 saturated heterocycles. The maximum atomic E-state index is 4.36. The molecular weight excluding hydrogens is 174 g/mol. The summed E-state index contributed by atoms with van der Waals surface area (Å²) in [6, 6.07) is 10.1. The molecule has 0 N–H and O–H groups in total. The maximum Gasteiger partial charge on any atom is 0.148 e. The minimum absolute atomic E-state index is 0.825. The van der Waals surface area contributed by atoms with Gasteiger partial charge in [-0.15, -0.1) is 0 Å². The number of hydrogen-bond donors (Lipinski definition) is 0. The quantitative estimate of drug-likeness (QED) is 0.721. The van der Waals surface area contributed by atoms with E-state index in [0.29, 0.717) is 0 Å². The SMILES string of the molecule is CCc1nc(C)nn1-c1ccccc1. The summed E-state index contributed by atoms with van der Waals surface area (Å²) in [6.07, 6.45) is 0.899. The minimum Gasteiger partial charge on any atom is -0.218 e. The fourth-order valence-electron chi connectivity index (χ4n) is 1.46. The Morgan fingerprint density at radius 3 is 2.57 bits per heavy atom. The molecule has 0 radical (unpaired) electrons. The van der Waals surface area contributed by atoms with E-state index >= 15 is 0 Å². The van der Waals surface area contributed by atoms with Gasteiger partial charge in [0, 0.05) is 6.42 Å². The van der Waals surface area contributed by atoms with Crippen molar-refractivity contribution >= 4 is 0 Å². The van der Waals surface area contributed by atoms with Gasteiger partial charge in [0.1, 0.15) is 11.6 Å². The molecule has 72 valence electrons. The summed E-state index contributed by atoms with van der Waals surface area (Å²) in [5, 5.41) is 4.36. The molecule has 3 nitrogen and oxygen atoms in total. The zero-order valence-corrected chi connectivity index (χ0v) is 8.44. The van der Waals surface area contributed by atoms with Crippen molar-refractivity contribution in [2.45, 2.75) is 20.3 Å². The van der Waals surface area contributed by atoms with Crippen molar-refractivity contribution in [2.75, 3.05) is 0 Å². The highest BCUT2D eigenvalue weighted by molar-refractivity contribution is 5.31. The lowest BCUT2D eigenvalue weighted by Crippen LogP contribution is -2.01. The molecule has 14 heavy (non-hydrogen) atoms. The van der Waals surface area contributed by atoms with Crippen LogP contribution in [-0.2, 0) is 6.42 Å². The molecular formula is C11H13N3. The predicted molar refractivity (Wildman–Crippen MR) is 55.5 cm³/mol. The first kappa shape index (κ1) is 8.94. The summed E-state index contributed by atoms with van der Waals surface area (Å²) in [5.74, 6) is 1.83. The first-order chi connectivity index (χ1) is 6.81. The summed E-state index contributed by atoms with van der Waals surface area (Å²) in [7, 11) is 0. The Morgan fingerprint density at radius 1 is 1.21 bits per heavy atom. The Kier molecular flexibility index (Phi) is 2.31. The van der Waals surface area contributed by atoms with Gasteiger partial charge in [-0.2, -0.15) is 5.10 Å². The van der Waals surface area contributed by atoms with Crippen LogP contribution >= 0.6 is 0 Å². The van der Waals surface area contributed by atoms with E-state index < -0.39 is 0 Å². The van der Waals surface area contributed by atoms with Crippen LogP contribution in [0.4, 0.5) is 0 Å². The fraction of sp³-hybridized carbons (Fsp3) is 0.273. The highest BCUT2D eigenvalue weighted by atomic mass is 15.3. The van der Waals surface area contributed by atoms with Crippen LogP contribution in [0, 0.1) is 6.92 Å². The summed E-state index contributed by atoms with van der Waals surface area (Å²) in [5.41, 5.74) is 1.07. The Labute approximate surface area is 83.4 Å². The van der Waals surface area contributed by atoms with Crippen LogP contribution in [0.5, 0.6) is 0 Å². The first-order valence-corrected chi connectivity index (χ1v) is 4.79. The number of benzene rings is 1. The summed E-state index contributed by atoms with van der Waals surface area (Å²) < 4.78 is 1.90. The van der Waals surface area contributed by atoms with E-state index in [-0.39, 0.29) is 0 Å². The van der Waals surface area contributed by atoms with Gasteiger partial charge in [-0.05, 0) is 19.1 Å². The molecule has 1 aromatic carbocycles. The standard InChI is InChI=1S/C11H13N3/c1-3-11-12-9(2)13-14(11)10-7-5-4-6-8-10/h4-8H,3H2,1-2H3. The molecule has 2 aromatic rings. The Bertz CT molecular complexity index is 417. The third kappa shape index (κ3) is 1.53. The van der Waals surface area contributed by atoms with Gasteiger partial charge < -0.3 is 0 Å². The number of hydrogen-bond acceptors (Lipinski definition) is 2. The summed E-state index contributed by atoms with van der Waals surface area (Å²) in [4.78, 5) is 4.36. The molecule has 0 amide bonds. The van der Waals surface area contributed by atoms with Crippen molar-refractivity contribution < 1.29 is 0 Å². The molecule has 3 heteroatoms. The van der Waals surface area contributed by atoms with Crippen LogP contribution in [0.3, 0.4) is 0 Å². The molecule has 0 fully saturated rings. The second-order valence-corrected chi connectivity index (χ2v) is 3.18. The van der Waals surface area contributed by atoms with Crippen LogP contribution < -0.4 is 0 Å². The van der Waals surface area contributed by atoms with Gasteiger partial charge in [0.15, 0.2) is 0 Å². The molecule has 0 saturated carbocycles. The summed E-state index contributed by atoms with van der Waals surface area (Å²) >= 11 is 0. The van der Waals surface area contributed by atoms with Gasteiger partial charge in [0.2, 0.25) is 0 Å². The van der Waals surface area contributed by atoms with Crippen LogP contribution in [0.25, 0.3) is 5.69 Å². The molecule has 2 rings (SSSR count). The van der Waals surface area contributed by atoms with Crippen molar-refractivity contribution in [3.8, 4) is 5.69 Å². The molecule has 1 heterocycles. The number of aryl methyl sites for hydroxylation is 2. The Morgan fingerprint density at radius 2 is 1.93 bits per heavy atom. The average Bonchev–Trinajstić information content (AvgIpc) is 2.61. The van der Waals surface area contributed by atoms with Gasteiger partial charge in [-0.1, -0.05) is 25.1 Å². The topological polar surface area (TPSA) is 30.7 Å². The number of rotatable bonds is 2. The van der Waals surface area contributed by atoms with E-state index in [1.807, 2.05) is 41.9 Å². The molecule has 0 aliphatic carbocycles. The van der Waals surface area contributed by atoms with E-state index in [2.05, 4.69) is 17.0 Å². The molecule has 0 aliphatic rings. The highest BCUT2D eigenvalue weighted by Gasteiger charge is 2.05. The lowest BCUT2D eigenvalue weighted by molar-refractivity contribution is 0.797. The third-order valence-electron chi connectivity index (χ3n) is 2.10. The second-order valence-electron chi connectivity index (χ2n) is 3.18. The van der Waals surface area contributed by atoms with E-state index in [1.165, 1.54) is 0 Å².